The van der Waals surface area contributed by atoms with E-state index in [2.05, 4.69) is 10.3 Å². The fourth-order valence-electron chi connectivity index (χ4n) is 2.98. The number of carbonyl (C=O) groups excluding carboxylic acids is 4. The monoisotopic (exact) mass is 390 g/mol. The quantitative estimate of drug-likeness (QED) is 0.540. The van der Waals surface area contributed by atoms with Gasteiger partial charge in [-0.05, 0) is 32.6 Å². The first kappa shape index (κ1) is 19.0. The second kappa shape index (κ2) is 7.08. The van der Waals surface area contributed by atoms with Crippen LogP contribution in [0.15, 0.2) is 5.38 Å². The summed E-state index contributed by atoms with van der Waals surface area (Å²) < 4.78 is 4.88. The van der Waals surface area contributed by atoms with E-state index in [1.165, 1.54) is 11.3 Å². The summed E-state index contributed by atoms with van der Waals surface area (Å²) in [5.41, 5.74) is -0.292. The number of nitrogens with zero attached hydrogens (tertiary/aromatic N) is 3. The summed E-state index contributed by atoms with van der Waals surface area (Å²) in [5, 5.41) is 13.9. The van der Waals surface area contributed by atoms with Crippen molar-refractivity contribution in [1.29, 1.82) is 5.26 Å². The number of hydrogen-bond acceptors (Lipinski definition) is 8. The molecule has 2 fully saturated rings. The standard InChI is InChI=1S/C17H18N4O5S/c1-9-8-27-14(19-9)11(5-18)12(22)7-26-13(23)6-21-15(24)17(2,10-3-4-10)20-16(21)25/h8,10-11H,3-4,6-7H2,1-2H3,(H,20,25)/t11-,17+/m0/s1. The maximum absolute atomic E-state index is 12.5. The first-order chi connectivity index (χ1) is 12.8. The Morgan fingerprint density at radius 2 is 2.22 bits per heavy atom. The molecule has 3 rings (SSSR count). The molecule has 1 aliphatic heterocycles. The van der Waals surface area contributed by atoms with Gasteiger partial charge in [0, 0.05) is 11.1 Å². The zero-order valence-corrected chi connectivity index (χ0v) is 15.7. The fraction of sp³-hybridized carbons (Fsp3) is 0.529. The fourth-order valence-corrected chi connectivity index (χ4v) is 3.84. The smallest absolute Gasteiger partial charge is 0.326 e. The van der Waals surface area contributed by atoms with Crippen LogP contribution in [-0.4, -0.2) is 52.3 Å². The summed E-state index contributed by atoms with van der Waals surface area (Å²) >= 11 is 1.18. The van der Waals surface area contributed by atoms with Crippen molar-refractivity contribution in [3.8, 4) is 6.07 Å². The molecule has 0 bridgehead atoms. The second-order valence-electron chi connectivity index (χ2n) is 6.81. The second-order valence-corrected chi connectivity index (χ2v) is 7.70. The SMILES string of the molecule is Cc1csc([C@@H](C#N)C(=O)COC(=O)CN2C(=O)N[C@](C)(C3CC3)C2=O)n1. The molecule has 2 atom stereocenters. The maximum atomic E-state index is 12.5. The van der Waals surface area contributed by atoms with E-state index in [0.717, 1.165) is 17.7 Å². The van der Waals surface area contributed by atoms with Gasteiger partial charge < -0.3 is 10.1 Å². The highest BCUT2D eigenvalue weighted by atomic mass is 32.1. The number of Topliss-reactive ketones (excluding diaryl/α,β-unsaturated/α-hetero) is 1. The Morgan fingerprint density at radius 1 is 1.52 bits per heavy atom. The Morgan fingerprint density at radius 3 is 2.78 bits per heavy atom. The molecule has 10 heteroatoms. The highest BCUT2D eigenvalue weighted by Crippen LogP contribution is 2.42. The summed E-state index contributed by atoms with van der Waals surface area (Å²) in [5.74, 6) is -3.01. The zero-order chi connectivity index (χ0) is 19.8. The van der Waals surface area contributed by atoms with Crippen molar-refractivity contribution in [2.24, 2.45) is 5.92 Å². The number of aromatic nitrogens is 1. The van der Waals surface area contributed by atoms with Gasteiger partial charge in [0.2, 0.25) is 0 Å². The van der Waals surface area contributed by atoms with Crippen molar-refractivity contribution < 1.29 is 23.9 Å². The van der Waals surface area contributed by atoms with Gasteiger partial charge in [-0.15, -0.1) is 11.3 Å². The highest BCUT2D eigenvalue weighted by Gasteiger charge is 2.56. The number of ketones is 1. The van der Waals surface area contributed by atoms with Crippen molar-refractivity contribution >= 4 is 35.0 Å². The van der Waals surface area contributed by atoms with Crippen molar-refractivity contribution in [3.63, 3.8) is 0 Å². The van der Waals surface area contributed by atoms with Crippen LogP contribution in [0.2, 0.25) is 0 Å². The first-order valence-electron chi connectivity index (χ1n) is 8.40. The number of nitrogens with one attached hydrogen (secondary N) is 1. The number of imide groups is 1. The number of ether oxygens (including phenoxy) is 1. The lowest BCUT2D eigenvalue weighted by Gasteiger charge is -2.20. The molecule has 0 spiro atoms. The number of urea groups is 1. The summed E-state index contributed by atoms with van der Waals surface area (Å²) in [6.45, 7) is 2.19. The Balaban J connectivity index is 1.55. The van der Waals surface area contributed by atoms with Gasteiger partial charge in [0.1, 0.15) is 17.1 Å². The van der Waals surface area contributed by atoms with Gasteiger partial charge in [0.05, 0.1) is 6.07 Å². The minimum atomic E-state index is -1.12. The normalized spacial score (nSPS) is 22.9. The Labute approximate surface area is 159 Å². The molecule has 3 amide bonds. The molecule has 1 saturated heterocycles. The van der Waals surface area contributed by atoms with E-state index >= 15 is 0 Å². The van der Waals surface area contributed by atoms with E-state index in [-0.39, 0.29) is 5.92 Å². The molecule has 0 radical (unpaired) electrons. The Bertz CT molecular complexity index is 856. The van der Waals surface area contributed by atoms with Crippen molar-refractivity contribution in [2.45, 2.75) is 38.1 Å². The van der Waals surface area contributed by atoms with Crippen molar-refractivity contribution in [2.75, 3.05) is 13.2 Å². The Kier molecular flexibility index (Phi) is 4.97. The van der Waals surface area contributed by atoms with Crippen LogP contribution in [0.5, 0.6) is 0 Å². The number of hydrogen-bond donors (Lipinski definition) is 1. The summed E-state index contributed by atoms with van der Waals surface area (Å²) in [4.78, 5) is 53.5. The van der Waals surface area contributed by atoms with E-state index in [9.17, 15) is 24.4 Å². The minimum Gasteiger partial charge on any atom is -0.456 e. The van der Waals surface area contributed by atoms with E-state index < -0.39 is 48.3 Å². The van der Waals surface area contributed by atoms with Gasteiger partial charge in [0.25, 0.3) is 5.91 Å². The highest BCUT2D eigenvalue weighted by molar-refractivity contribution is 7.09. The third-order valence-electron chi connectivity index (χ3n) is 4.69. The van der Waals surface area contributed by atoms with Gasteiger partial charge in [-0.1, -0.05) is 0 Å². The van der Waals surface area contributed by atoms with Crippen molar-refractivity contribution in [1.82, 2.24) is 15.2 Å². The molecule has 1 aromatic heterocycles. The summed E-state index contributed by atoms with van der Waals surface area (Å²) in [6, 6.07) is 1.20. The average Bonchev–Trinajstić information content (AvgIpc) is 3.36. The lowest BCUT2D eigenvalue weighted by molar-refractivity contribution is -0.150. The van der Waals surface area contributed by atoms with E-state index in [1.807, 2.05) is 6.07 Å². The van der Waals surface area contributed by atoms with Crippen molar-refractivity contribution in [3.05, 3.63) is 16.1 Å². The lowest BCUT2D eigenvalue weighted by atomic mass is 9.96. The summed E-state index contributed by atoms with van der Waals surface area (Å²) in [7, 11) is 0. The molecular weight excluding hydrogens is 372 g/mol. The van der Waals surface area contributed by atoms with Crippen LogP contribution in [-0.2, 0) is 19.1 Å². The molecule has 1 N–H and O–H groups in total. The molecular formula is C17H18N4O5S. The molecule has 2 aliphatic rings. The predicted molar refractivity (Wildman–Crippen MR) is 92.5 cm³/mol. The van der Waals surface area contributed by atoms with Gasteiger partial charge in [-0.3, -0.25) is 19.3 Å². The molecule has 142 valence electrons. The average molecular weight is 390 g/mol. The third kappa shape index (κ3) is 3.68. The minimum absolute atomic E-state index is 0.0784. The predicted octanol–water partition coefficient (Wildman–Crippen LogP) is 0.891. The molecule has 27 heavy (non-hydrogen) atoms. The van der Waals surface area contributed by atoms with Crippen LogP contribution in [0.3, 0.4) is 0 Å². The number of carbonyl (C=O) groups is 4. The number of rotatable bonds is 7. The first-order valence-corrected chi connectivity index (χ1v) is 9.28. The molecule has 1 aliphatic carbocycles. The van der Waals surface area contributed by atoms with E-state index in [4.69, 9.17) is 4.74 Å². The Hall–Kier alpha value is -2.80. The molecule has 1 aromatic rings. The van der Waals surface area contributed by atoms with Crippen LogP contribution in [0.4, 0.5) is 4.79 Å². The van der Waals surface area contributed by atoms with Crippen LogP contribution >= 0.6 is 11.3 Å². The largest absolute Gasteiger partial charge is 0.456 e. The number of nitriles is 1. The topological polar surface area (TPSA) is 129 Å². The molecule has 9 nitrogen and oxygen atoms in total. The van der Waals surface area contributed by atoms with Gasteiger partial charge >= 0.3 is 12.0 Å². The van der Waals surface area contributed by atoms with Gasteiger partial charge in [-0.2, -0.15) is 5.26 Å². The molecule has 0 aromatic carbocycles. The van der Waals surface area contributed by atoms with Crippen LogP contribution in [0, 0.1) is 24.2 Å². The summed E-state index contributed by atoms with van der Waals surface area (Å²) in [6.07, 6.45) is 1.70. The van der Waals surface area contributed by atoms with Crippen LogP contribution < -0.4 is 5.32 Å². The zero-order valence-electron chi connectivity index (χ0n) is 14.9. The number of thiazole rings is 1. The van der Waals surface area contributed by atoms with E-state index in [0.29, 0.717) is 10.7 Å². The van der Waals surface area contributed by atoms with Crippen LogP contribution in [0.25, 0.3) is 0 Å². The molecule has 1 saturated carbocycles. The van der Waals surface area contributed by atoms with Gasteiger partial charge in [0.15, 0.2) is 18.3 Å². The number of esters is 1. The molecule has 2 heterocycles. The van der Waals surface area contributed by atoms with Gasteiger partial charge in [-0.25, -0.2) is 9.78 Å². The number of aryl methyl sites for hydroxylation is 1. The van der Waals surface area contributed by atoms with E-state index in [1.54, 1.807) is 19.2 Å². The number of amides is 3. The lowest BCUT2D eigenvalue weighted by Crippen LogP contribution is -2.46. The molecule has 0 unspecified atom stereocenters. The maximum Gasteiger partial charge on any atom is 0.326 e. The third-order valence-corrected chi connectivity index (χ3v) is 5.72. The van der Waals surface area contributed by atoms with Crippen LogP contribution in [0.1, 0.15) is 36.4 Å².